The van der Waals surface area contributed by atoms with Crippen molar-refractivity contribution in [3.8, 4) is 0 Å². The van der Waals surface area contributed by atoms with Gasteiger partial charge < -0.3 is 5.32 Å². The molecule has 1 unspecified atom stereocenters. The van der Waals surface area contributed by atoms with Gasteiger partial charge in [0.15, 0.2) is 0 Å². The maximum atomic E-state index is 12.1. The van der Waals surface area contributed by atoms with E-state index in [4.69, 9.17) is 11.6 Å². The summed E-state index contributed by atoms with van der Waals surface area (Å²) < 4.78 is 0. The Bertz CT molecular complexity index is 472. The number of hydrogen-bond acceptors (Lipinski definition) is 1. The first-order chi connectivity index (χ1) is 10.2. The summed E-state index contributed by atoms with van der Waals surface area (Å²) in [4.78, 5) is 12.1. The highest BCUT2D eigenvalue weighted by Crippen LogP contribution is 2.29. The van der Waals surface area contributed by atoms with E-state index in [1.807, 2.05) is 6.07 Å². The molecule has 0 bridgehead atoms. The van der Waals surface area contributed by atoms with E-state index in [1.54, 1.807) is 0 Å². The van der Waals surface area contributed by atoms with E-state index in [1.165, 1.54) is 25.7 Å². The molecule has 1 aromatic rings. The highest BCUT2D eigenvalue weighted by Gasteiger charge is 2.17. The Hall–Kier alpha value is -1.02. The van der Waals surface area contributed by atoms with Crippen LogP contribution in [0.1, 0.15) is 78.7 Å². The molecular formula is C18H26ClNO. The normalized spacial score (nSPS) is 16.0. The fraction of sp³-hybridized carbons (Fsp3) is 0.611. The third-order valence-electron chi connectivity index (χ3n) is 4.21. The second kappa shape index (κ2) is 8.43. The third kappa shape index (κ3) is 4.74. The van der Waals surface area contributed by atoms with E-state index in [9.17, 15) is 4.79 Å². The van der Waals surface area contributed by atoms with E-state index in [2.05, 4.69) is 24.4 Å². The summed E-state index contributed by atoms with van der Waals surface area (Å²) in [6.45, 7) is 3.00. The van der Waals surface area contributed by atoms with Gasteiger partial charge in [-0.05, 0) is 36.5 Å². The van der Waals surface area contributed by atoms with Crippen molar-refractivity contribution in [1.82, 2.24) is 5.32 Å². The lowest BCUT2D eigenvalue weighted by atomic mass is 9.97. The lowest BCUT2D eigenvalue weighted by molar-refractivity contribution is 0.0956. The molecule has 1 atom stereocenters. The number of halogens is 1. The average Bonchev–Trinajstić information content (AvgIpc) is 2.68. The summed E-state index contributed by atoms with van der Waals surface area (Å²) in [7, 11) is 0. The fourth-order valence-corrected chi connectivity index (χ4v) is 3.18. The minimum Gasteiger partial charge on any atom is -0.352 e. The summed E-state index contributed by atoms with van der Waals surface area (Å²) in [6.07, 6.45) is 9.27. The lowest BCUT2D eigenvalue weighted by Gasteiger charge is -2.13. The molecule has 1 aromatic carbocycles. The van der Waals surface area contributed by atoms with Crippen molar-refractivity contribution in [1.29, 1.82) is 0 Å². The number of nitrogens with one attached hydrogen (secondary N) is 1. The molecule has 3 heteroatoms. The molecule has 2 rings (SSSR count). The number of benzene rings is 1. The Morgan fingerprint density at radius 1 is 1.24 bits per heavy atom. The molecule has 2 nitrogen and oxygen atoms in total. The van der Waals surface area contributed by atoms with Gasteiger partial charge in [-0.15, -0.1) is 11.6 Å². The van der Waals surface area contributed by atoms with Crippen molar-refractivity contribution < 1.29 is 4.79 Å². The molecule has 0 aliphatic carbocycles. The van der Waals surface area contributed by atoms with Crippen LogP contribution in [0.2, 0.25) is 0 Å². The van der Waals surface area contributed by atoms with Gasteiger partial charge in [0.05, 0.1) is 5.38 Å². The Balaban J connectivity index is 1.95. The zero-order valence-corrected chi connectivity index (χ0v) is 13.7. The highest BCUT2D eigenvalue weighted by atomic mass is 35.5. The summed E-state index contributed by atoms with van der Waals surface area (Å²) in [5.74, 6) is 0.0520. The monoisotopic (exact) mass is 307 g/mol. The summed E-state index contributed by atoms with van der Waals surface area (Å²) in [6, 6.07) is 6.18. The summed E-state index contributed by atoms with van der Waals surface area (Å²) >= 11 is 6.52. The largest absolute Gasteiger partial charge is 0.352 e. The molecule has 21 heavy (non-hydrogen) atoms. The second-order valence-electron chi connectivity index (χ2n) is 5.95. The maximum Gasteiger partial charge on any atom is 0.251 e. The first kappa shape index (κ1) is 16.4. The molecule has 1 aliphatic rings. The zero-order valence-electron chi connectivity index (χ0n) is 13.0. The van der Waals surface area contributed by atoms with Gasteiger partial charge in [0, 0.05) is 12.1 Å². The molecule has 0 fully saturated rings. The van der Waals surface area contributed by atoms with Gasteiger partial charge in [-0.3, -0.25) is 4.79 Å². The zero-order chi connectivity index (χ0) is 15.1. The van der Waals surface area contributed by atoms with Crippen molar-refractivity contribution in [3.05, 3.63) is 34.9 Å². The van der Waals surface area contributed by atoms with Gasteiger partial charge in [-0.2, -0.15) is 0 Å². The maximum absolute atomic E-state index is 12.1. The van der Waals surface area contributed by atoms with Gasteiger partial charge in [0.2, 0.25) is 0 Å². The second-order valence-corrected chi connectivity index (χ2v) is 6.47. The van der Waals surface area contributed by atoms with E-state index < -0.39 is 0 Å². The van der Waals surface area contributed by atoms with Crippen molar-refractivity contribution >= 4 is 17.5 Å². The van der Waals surface area contributed by atoms with Crippen molar-refractivity contribution in [2.45, 2.75) is 63.7 Å². The molecule has 0 saturated heterocycles. The van der Waals surface area contributed by atoms with Crippen LogP contribution >= 0.6 is 11.6 Å². The average molecular weight is 308 g/mol. The predicted molar refractivity (Wildman–Crippen MR) is 89.1 cm³/mol. The van der Waals surface area contributed by atoms with Gasteiger partial charge >= 0.3 is 0 Å². The number of fused-ring (bicyclic) bond motifs is 1. The van der Waals surface area contributed by atoms with Crippen LogP contribution in [-0.2, 0) is 6.42 Å². The molecule has 1 heterocycles. The van der Waals surface area contributed by atoms with Gasteiger partial charge in [0.1, 0.15) is 0 Å². The smallest absolute Gasteiger partial charge is 0.251 e. The summed E-state index contributed by atoms with van der Waals surface area (Å²) in [5.41, 5.74) is 3.06. The van der Waals surface area contributed by atoms with E-state index in [0.717, 1.165) is 48.9 Å². The van der Waals surface area contributed by atoms with Crippen LogP contribution in [0.15, 0.2) is 18.2 Å². The SMILES string of the molecule is CCCCCCCC(Cl)c1ccc2c(c1)C(=O)NCCC2. The number of amides is 1. The molecule has 0 aromatic heterocycles. The van der Waals surface area contributed by atoms with Crippen LogP contribution in [0.5, 0.6) is 0 Å². The summed E-state index contributed by atoms with van der Waals surface area (Å²) in [5, 5.41) is 2.97. The van der Waals surface area contributed by atoms with Gasteiger partial charge in [0.25, 0.3) is 5.91 Å². The topological polar surface area (TPSA) is 29.1 Å². The number of aryl methyl sites for hydroxylation is 1. The van der Waals surface area contributed by atoms with E-state index >= 15 is 0 Å². The molecule has 1 aliphatic heterocycles. The van der Waals surface area contributed by atoms with Gasteiger partial charge in [-0.25, -0.2) is 0 Å². The fourth-order valence-electron chi connectivity index (χ4n) is 2.89. The molecular weight excluding hydrogens is 282 g/mol. The highest BCUT2D eigenvalue weighted by molar-refractivity contribution is 6.20. The standard InChI is InChI=1S/C18H26ClNO/c1-2-3-4-5-6-9-17(19)15-11-10-14-8-7-12-20-18(21)16(14)13-15/h10-11,13,17H,2-9,12H2,1H3,(H,20,21). The number of rotatable bonds is 7. The Morgan fingerprint density at radius 3 is 2.86 bits per heavy atom. The predicted octanol–water partition coefficient (Wildman–Crippen LogP) is 5.00. The van der Waals surface area contributed by atoms with Gasteiger partial charge in [-0.1, -0.05) is 51.2 Å². The van der Waals surface area contributed by atoms with Crippen molar-refractivity contribution in [2.24, 2.45) is 0 Å². The first-order valence-electron chi connectivity index (χ1n) is 8.27. The minimum absolute atomic E-state index is 0.0213. The minimum atomic E-state index is 0.0213. The first-order valence-corrected chi connectivity index (χ1v) is 8.71. The third-order valence-corrected chi connectivity index (χ3v) is 4.68. The number of unbranched alkanes of at least 4 members (excludes halogenated alkanes) is 4. The molecule has 116 valence electrons. The quantitative estimate of drug-likeness (QED) is 0.557. The number of carbonyl (C=O) groups is 1. The van der Waals surface area contributed by atoms with E-state index in [0.29, 0.717) is 0 Å². The van der Waals surface area contributed by atoms with Crippen LogP contribution in [0.3, 0.4) is 0 Å². The number of hydrogen-bond donors (Lipinski definition) is 1. The van der Waals surface area contributed by atoms with Crippen LogP contribution in [0.4, 0.5) is 0 Å². The molecule has 1 N–H and O–H groups in total. The van der Waals surface area contributed by atoms with Crippen molar-refractivity contribution in [3.63, 3.8) is 0 Å². The number of alkyl halides is 1. The van der Waals surface area contributed by atoms with Crippen molar-refractivity contribution in [2.75, 3.05) is 6.54 Å². The van der Waals surface area contributed by atoms with Crippen LogP contribution < -0.4 is 5.32 Å². The Kier molecular flexibility index (Phi) is 6.56. The van der Waals surface area contributed by atoms with E-state index in [-0.39, 0.29) is 11.3 Å². The van der Waals surface area contributed by atoms with Crippen LogP contribution in [0, 0.1) is 0 Å². The molecule has 0 spiro atoms. The lowest BCUT2D eigenvalue weighted by Crippen LogP contribution is -2.22. The Morgan fingerprint density at radius 2 is 2.05 bits per heavy atom. The Labute approximate surface area is 133 Å². The molecule has 1 amide bonds. The van der Waals surface area contributed by atoms with Crippen LogP contribution in [0.25, 0.3) is 0 Å². The molecule has 0 radical (unpaired) electrons. The number of carbonyl (C=O) groups excluding carboxylic acids is 1. The molecule has 0 saturated carbocycles. The van der Waals surface area contributed by atoms with Crippen LogP contribution in [-0.4, -0.2) is 12.5 Å².